The van der Waals surface area contributed by atoms with Crippen LogP contribution in [0, 0.1) is 0 Å². The summed E-state index contributed by atoms with van der Waals surface area (Å²) in [6, 6.07) is 20.6. The van der Waals surface area contributed by atoms with E-state index < -0.39 is 0 Å². The van der Waals surface area contributed by atoms with Crippen molar-refractivity contribution < 1.29 is 14.3 Å². The Balaban J connectivity index is 1.22. The van der Waals surface area contributed by atoms with Crippen molar-refractivity contribution in [3.63, 3.8) is 0 Å². The molecule has 8 heteroatoms. The van der Waals surface area contributed by atoms with Gasteiger partial charge in [0.05, 0.1) is 12.2 Å². The summed E-state index contributed by atoms with van der Waals surface area (Å²) < 4.78 is 7.13. The summed E-state index contributed by atoms with van der Waals surface area (Å²) in [7, 11) is 0. The Morgan fingerprint density at radius 1 is 0.933 bits per heavy atom. The highest BCUT2D eigenvalue weighted by molar-refractivity contribution is 5.94. The van der Waals surface area contributed by atoms with Crippen molar-refractivity contribution in [3.8, 4) is 11.4 Å². The lowest BCUT2D eigenvalue weighted by atomic mass is 10.1. The molecule has 0 bridgehead atoms. The van der Waals surface area contributed by atoms with Gasteiger partial charge in [0.25, 0.3) is 5.91 Å². The molecule has 4 aromatic rings. The number of rotatable bonds is 7. The molecule has 2 N–H and O–H groups in total. The Hall–Kier alpha value is -4.20. The molecular formula is C22H19N5O3. The third-order valence-corrected chi connectivity index (χ3v) is 4.37. The van der Waals surface area contributed by atoms with Crippen molar-refractivity contribution in [1.29, 1.82) is 0 Å². The second-order valence-electron chi connectivity index (χ2n) is 6.51. The molecule has 2 amide bonds. The van der Waals surface area contributed by atoms with Gasteiger partial charge in [0.2, 0.25) is 5.91 Å². The summed E-state index contributed by atoms with van der Waals surface area (Å²) in [5.74, 6) is -0.108. The first-order valence-electron chi connectivity index (χ1n) is 9.30. The SMILES string of the molecule is O=C(COc1ccc2ccccc2c1)NCC(=O)Nc1ccc(-n2cncn2)cc1. The van der Waals surface area contributed by atoms with Crippen LogP contribution in [0.25, 0.3) is 16.5 Å². The van der Waals surface area contributed by atoms with E-state index in [1.54, 1.807) is 35.3 Å². The average molecular weight is 401 g/mol. The molecule has 0 saturated heterocycles. The zero-order chi connectivity index (χ0) is 20.8. The molecule has 0 radical (unpaired) electrons. The summed E-state index contributed by atoms with van der Waals surface area (Å²) in [5.41, 5.74) is 1.44. The number of anilines is 1. The van der Waals surface area contributed by atoms with Crippen LogP contribution in [0.1, 0.15) is 0 Å². The maximum absolute atomic E-state index is 12.1. The number of hydrogen-bond donors (Lipinski definition) is 2. The van der Waals surface area contributed by atoms with E-state index in [9.17, 15) is 9.59 Å². The minimum Gasteiger partial charge on any atom is -0.484 e. The van der Waals surface area contributed by atoms with Gasteiger partial charge in [0, 0.05) is 5.69 Å². The van der Waals surface area contributed by atoms with E-state index in [1.807, 2.05) is 42.5 Å². The van der Waals surface area contributed by atoms with E-state index in [2.05, 4.69) is 20.7 Å². The van der Waals surface area contributed by atoms with Crippen molar-refractivity contribution >= 4 is 28.3 Å². The van der Waals surface area contributed by atoms with Gasteiger partial charge in [-0.25, -0.2) is 9.67 Å². The number of carbonyl (C=O) groups is 2. The number of nitrogens with zero attached hydrogens (tertiary/aromatic N) is 3. The molecule has 0 saturated carbocycles. The molecular weight excluding hydrogens is 382 g/mol. The topological polar surface area (TPSA) is 98.1 Å². The number of ether oxygens (including phenoxy) is 1. The summed E-state index contributed by atoms with van der Waals surface area (Å²) in [6.07, 6.45) is 3.03. The Labute approximate surface area is 172 Å². The first kappa shape index (κ1) is 19.1. The van der Waals surface area contributed by atoms with Crippen LogP contribution in [0.15, 0.2) is 79.4 Å². The predicted molar refractivity (Wildman–Crippen MR) is 112 cm³/mol. The first-order chi connectivity index (χ1) is 14.7. The summed E-state index contributed by atoms with van der Waals surface area (Å²) in [6.45, 7) is -0.317. The van der Waals surface area contributed by atoms with E-state index in [0.717, 1.165) is 16.5 Å². The largest absolute Gasteiger partial charge is 0.484 e. The third-order valence-electron chi connectivity index (χ3n) is 4.37. The van der Waals surface area contributed by atoms with Gasteiger partial charge in [0.15, 0.2) is 6.61 Å². The van der Waals surface area contributed by atoms with Gasteiger partial charge in [-0.15, -0.1) is 0 Å². The smallest absolute Gasteiger partial charge is 0.258 e. The summed E-state index contributed by atoms with van der Waals surface area (Å²) in [5, 5.41) is 11.4. The number of carbonyl (C=O) groups excluding carboxylic acids is 2. The highest BCUT2D eigenvalue weighted by Gasteiger charge is 2.08. The Kier molecular flexibility index (Phi) is 5.66. The molecule has 150 valence electrons. The number of aromatic nitrogens is 3. The molecule has 1 heterocycles. The van der Waals surface area contributed by atoms with Gasteiger partial charge in [-0.05, 0) is 47.2 Å². The molecule has 0 spiro atoms. The monoisotopic (exact) mass is 401 g/mol. The lowest BCUT2D eigenvalue weighted by Crippen LogP contribution is -2.35. The second-order valence-corrected chi connectivity index (χ2v) is 6.51. The van der Waals surface area contributed by atoms with Crippen LogP contribution >= 0.6 is 0 Å². The van der Waals surface area contributed by atoms with Crippen molar-refractivity contribution in [2.24, 2.45) is 0 Å². The van der Waals surface area contributed by atoms with Gasteiger partial charge in [0.1, 0.15) is 18.4 Å². The Bertz CT molecular complexity index is 1160. The van der Waals surface area contributed by atoms with Crippen LogP contribution in [0.5, 0.6) is 5.75 Å². The fourth-order valence-electron chi connectivity index (χ4n) is 2.88. The molecule has 3 aromatic carbocycles. The molecule has 1 aromatic heterocycles. The maximum atomic E-state index is 12.1. The minimum absolute atomic E-state index is 0.148. The van der Waals surface area contributed by atoms with Gasteiger partial charge in [-0.3, -0.25) is 9.59 Å². The summed E-state index contributed by atoms with van der Waals surface area (Å²) >= 11 is 0. The zero-order valence-electron chi connectivity index (χ0n) is 16.0. The molecule has 0 atom stereocenters. The van der Waals surface area contributed by atoms with Gasteiger partial charge in [-0.1, -0.05) is 30.3 Å². The molecule has 0 fully saturated rings. The number of benzene rings is 3. The standard InChI is InChI=1S/C22H19N5O3/c28-21(26-18-6-8-19(9-7-18)27-15-23-14-25-27)12-24-22(29)13-30-20-10-5-16-3-1-2-4-17(16)11-20/h1-11,14-15H,12-13H2,(H,24,29)(H,26,28). The Morgan fingerprint density at radius 2 is 1.73 bits per heavy atom. The van der Waals surface area contributed by atoms with Crippen molar-refractivity contribution in [2.75, 3.05) is 18.5 Å². The lowest BCUT2D eigenvalue weighted by Gasteiger charge is -2.09. The predicted octanol–water partition coefficient (Wildman–Crippen LogP) is 2.55. The van der Waals surface area contributed by atoms with E-state index in [0.29, 0.717) is 11.4 Å². The third kappa shape index (κ3) is 4.79. The molecule has 0 aliphatic heterocycles. The van der Waals surface area contributed by atoms with Crippen LogP contribution in [-0.2, 0) is 9.59 Å². The van der Waals surface area contributed by atoms with E-state index in [1.165, 1.54) is 6.33 Å². The van der Waals surface area contributed by atoms with Crippen molar-refractivity contribution in [3.05, 3.63) is 79.4 Å². The molecule has 30 heavy (non-hydrogen) atoms. The van der Waals surface area contributed by atoms with Crippen LogP contribution in [0.4, 0.5) is 5.69 Å². The van der Waals surface area contributed by atoms with Crippen molar-refractivity contribution in [2.45, 2.75) is 0 Å². The minimum atomic E-state index is -0.375. The summed E-state index contributed by atoms with van der Waals surface area (Å²) in [4.78, 5) is 27.9. The maximum Gasteiger partial charge on any atom is 0.258 e. The fourth-order valence-corrected chi connectivity index (χ4v) is 2.88. The molecule has 0 aliphatic rings. The normalized spacial score (nSPS) is 10.5. The van der Waals surface area contributed by atoms with E-state index in [-0.39, 0.29) is 25.0 Å². The highest BCUT2D eigenvalue weighted by atomic mass is 16.5. The van der Waals surface area contributed by atoms with Crippen LogP contribution in [0.2, 0.25) is 0 Å². The fraction of sp³-hybridized carbons (Fsp3) is 0.0909. The molecule has 8 nitrogen and oxygen atoms in total. The molecule has 0 aliphatic carbocycles. The number of amides is 2. The van der Waals surface area contributed by atoms with Crippen LogP contribution < -0.4 is 15.4 Å². The first-order valence-corrected chi connectivity index (χ1v) is 9.30. The van der Waals surface area contributed by atoms with E-state index >= 15 is 0 Å². The molecule has 0 unspecified atom stereocenters. The number of hydrogen-bond acceptors (Lipinski definition) is 5. The van der Waals surface area contributed by atoms with Crippen LogP contribution in [0.3, 0.4) is 0 Å². The quantitative estimate of drug-likeness (QED) is 0.496. The highest BCUT2D eigenvalue weighted by Crippen LogP contribution is 2.20. The number of fused-ring (bicyclic) bond motifs is 1. The van der Waals surface area contributed by atoms with Crippen LogP contribution in [-0.4, -0.2) is 39.7 Å². The lowest BCUT2D eigenvalue weighted by molar-refractivity contribution is -0.125. The Morgan fingerprint density at radius 3 is 2.50 bits per heavy atom. The van der Waals surface area contributed by atoms with Gasteiger partial charge >= 0.3 is 0 Å². The zero-order valence-corrected chi connectivity index (χ0v) is 16.0. The van der Waals surface area contributed by atoms with Gasteiger partial charge in [-0.2, -0.15) is 5.10 Å². The second kappa shape index (κ2) is 8.87. The van der Waals surface area contributed by atoms with Crippen molar-refractivity contribution in [1.82, 2.24) is 20.1 Å². The molecule has 4 rings (SSSR count). The van der Waals surface area contributed by atoms with Gasteiger partial charge < -0.3 is 15.4 Å². The average Bonchev–Trinajstić information content (AvgIpc) is 3.31. The number of nitrogens with one attached hydrogen (secondary N) is 2. The van der Waals surface area contributed by atoms with E-state index in [4.69, 9.17) is 4.74 Å².